The van der Waals surface area contributed by atoms with Gasteiger partial charge in [-0.15, -0.1) is 0 Å². The summed E-state index contributed by atoms with van der Waals surface area (Å²) in [5, 5.41) is 19.6. The minimum absolute atomic E-state index is 0.703. The Morgan fingerprint density at radius 3 is 1.42 bits per heavy atom. The number of aryl methyl sites for hydroxylation is 2. The van der Waals surface area contributed by atoms with Crippen LogP contribution in [0.1, 0.15) is 44.5 Å². The SMILES string of the molecule is Cc1cccc(C)c1-c1ccc2c3c(C(/C=C(\N)c4ccccc4)=C/Cc4ccccc4)c4cc5c6ccccc6c6cccc(c4c(C(/C=C(\N)c4ccccc4)=C/Cc4ccccc4)c3c3cc4ccccc4c1c23)c65. The molecule has 0 fully saturated rings. The van der Waals surface area contributed by atoms with Gasteiger partial charge in [0.25, 0.3) is 0 Å². The van der Waals surface area contributed by atoms with E-state index in [9.17, 15) is 0 Å². The molecule has 0 saturated heterocycles. The van der Waals surface area contributed by atoms with Crippen LogP contribution in [0.3, 0.4) is 0 Å². The zero-order valence-electron chi connectivity index (χ0n) is 43.8. The van der Waals surface area contributed by atoms with Gasteiger partial charge in [0, 0.05) is 11.4 Å². The zero-order valence-corrected chi connectivity index (χ0v) is 43.8. The quantitative estimate of drug-likeness (QED) is 0.100. The summed E-state index contributed by atoms with van der Waals surface area (Å²) >= 11 is 0. The summed E-state index contributed by atoms with van der Waals surface area (Å²) in [6.45, 7) is 4.51. The molecule has 0 aliphatic carbocycles. The third kappa shape index (κ3) is 7.71. The van der Waals surface area contributed by atoms with Crippen LogP contribution in [0.4, 0.5) is 0 Å². The van der Waals surface area contributed by atoms with Gasteiger partial charge >= 0.3 is 0 Å². The maximum absolute atomic E-state index is 7.44. The second-order valence-electron chi connectivity index (χ2n) is 21.1. The van der Waals surface area contributed by atoms with Crippen molar-refractivity contribution >= 4 is 109 Å². The van der Waals surface area contributed by atoms with Crippen LogP contribution in [0.2, 0.25) is 0 Å². The van der Waals surface area contributed by atoms with Crippen LogP contribution in [0.15, 0.2) is 255 Å². The Labute approximate surface area is 454 Å². The summed E-state index contributed by atoms with van der Waals surface area (Å²) in [5.74, 6) is 0. The number of benzene rings is 12. The molecule has 0 aromatic heterocycles. The number of rotatable bonds is 11. The molecule has 0 aliphatic rings. The van der Waals surface area contributed by atoms with E-state index in [4.69, 9.17) is 11.5 Å². The van der Waals surface area contributed by atoms with Crippen LogP contribution in [0.25, 0.3) is 120 Å². The summed E-state index contributed by atoms with van der Waals surface area (Å²) < 4.78 is 0. The van der Waals surface area contributed by atoms with Crippen LogP contribution in [0, 0.1) is 13.8 Å². The number of allylic oxidation sites excluding steroid dienone is 6. The molecule has 370 valence electrons. The first-order valence-corrected chi connectivity index (χ1v) is 27.2. The molecule has 0 amide bonds. The van der Waals surface area contributed by atoms with Crippen molar-refractivity contribution in [2.75, 3.05) is 0 Å². The Bertz CT molecular complexity index is 4750. The average Bonchev–Trinajstić information content (AvgIpc) is 4.18. The van der Waals surface area contributed by atoms with Gasteiger partial charge in [0.15, 0.2) is 0 Å². The van der Waals surface area contributed by atoms with Gasteiger partial charge in [-0.1, -0.05) is 231 Å². The van der Waals surface area contributed by atoms with Crippen molar-refractivity contribution in [1.29, 1.82) is 0 Å². The van der Waals surface area contributed by atoms with Crippen molar-refractivity contribution in [3.05, 3.63) is 299 Å². The monoisotopic (exact) mass is 996 g/mol. The lowest BCUT2D eigenvalue weighted by Crippen LogP contribution is -2.01. The first-order chi connectivity index (χ1) is 38.4. The van der Waals surface area contributed by atoms with Crippen molar-refractivity contribution in [3.63, 3.8) is 0 Å². The van der Waals surface area contributed by atoms with Gasteiger partial charge in [0.1, 0.15) is 0 Å². The molecule has 78 heavy (non-hydrogen) atoms. The fourth-order valence-corrected chi connectivity index (χ4v) is 13.0. The van der Waals surface area contributed by atoms with Crippen LogP contribution in [-0.4, -0.2) is 0 Å². The minimum Gasteiger partial charge on any atom is -0.398 e. The van der Waals surface area contributed by atoms with Gasteiger partial charge in [0.2, 0.25) is 0 Å². The Morgan fingerprint density at radius 1 is 0.333 bits per heavy atom. The summed E-state index contributed by atoms with van der Waals surface area (Å²) in [6, 6.07) is 83.9. The van der Waals surface area contributed by atoms with E-state index in [2.05, 4.69) is 269 Å². The van der Waals surface area contributed by atoms with Crippen LogP contribution < -0.4 is 11.5 Å². The summed E-state index contributed by atoms with van der Waals surface area (Å²) in [7, 11) is 0. The molecule has 0 heterocycles. The number of hydrogen-bond acceptors (Lipinski definition) is 2. The van der Waals surface area contributed by atoms with Crippen molar-refractivity contribution < 1.29 is 0 Å². The summed E-state index contributed by atoms with van der Waals surface area (Å²) in [4.78, 5) is 0. The number of nitrogens with two attached hydrogens (primary N) is 2. The Morgan fingerprint density at radius 2 is 0.808 bits per heavy atom. The lowest BCUT2D eigenvalue weighted by Gasteiger charge is -2.21. The van der Waals surface area contributed by atoms with Crippen molar-refractivity contribution in [2.45, 2.75) is 26.7 Å². The highest BCUT2D eigenvalue weighted by Gasteiger charge is 2.29. The molecule has 2 heteroatoms. The van der Waals surface area contributed by atoms with Crippen LogP contribution in [-0.2, 0) is 12.8 Å². The minimum atomic E-state index is 0.703. The van der Waals surface area contributed by atoms with E-state index in [1.165, 1.54) is 120 Å². The molecule has 0 bridgehead atoms. The predicted octanol–water partition coefficient (Wildman–Crippen LogP) is 19.3. The van der Waals surface area contributed by atoms with Gasteiger partial charge in [-0.3, -0.25) is 0 Å². The van der Waals surface area contributed by atoms with E-state index in [0.29, 0.717) is 24.2 Å². The largest absolute Gasteiger partial charge is 0.398 e. The van der Waals surface area contributed by atoms with Gasteiger partial charge in [-0.25, -0.2) is 0 Å². The molecule has 0 aliphatic heterocycles. The third-order valence-corrected chi connectivity index (χ3v) is 16.4. The Hall–Kier alpha value is -9.76. The number of hydrogen-bond donors (Lipinski definition) is 2. The number of fused-ring (bicyclic) bond motifs is 10. The second kappa shape index (κ2) is 19.1. The topological polar surface area (TPSA) is 52.0 Å². The van der Waals surface area contributed by atoms with Crippen LogP contribution in [0.5, 0.6) is 0 Å². The lowest BCUT2D eigenvalue weighted by atomic mass is 9.82. The normalized spacial score (nSPS) is 13.0. The van der Waals surface area contributed by atoms with Crippen LogP contribution >= 0.6 is 0 Å². The first kappa shape index (κ1) is 46.7. The van der Waals surface area contributed by atoms with E-state index >= 15 is 0 Å². The van der Waals surface area contributed by atoms with Crippen molar-refractivity contribution in [1.82, 2.24) is 0 Å². The molecular formula is C76H56N2. The summed E-state index contributed by atoms with van der Waals surface area (Å²) in [6.07, 6.45) is 10.8. The molecule has 14 rings (SSSR count). The highest BCUT2D eigenvalue weighted by atomic mass is 14.6. The maximum atomic E-state index is 7.44. The van der Waals surface area contributed by atoms with Crippen molar-refractivity contribution in [2.24, 2.45) is 11.5 Å². The molecule has 0 spiro atoms. The van der Waals surface area contributed by atoms with Gasteiger partial charge < -0.3 is 11.5 Å². The fraction of sp³-hybridized carbons (Fsp3) is 0.0526. The highest BCUT2D eigenvalue weighted by Crippen LogP contribution is 2.55. The molecular weight excluding hydrogens is 941 g/mol. The second-order valence-corrected chi connectivity index (χ2v) is 21.1. The van der Waals surface area contributed by atoms with E-state index in [-0.39, 0.29) is 0 Å². The van der Waals surface area contributed by atoms with Gasteiger partial charge in [-0.2, -0.15) is 0 Å². The van der Waals surface area contributed by atoms with E-state index in [1.54, 1.807) is 0 Å². The van der Waals surface area contributed by atoms with E-state index in [1.807, 2.05) is 0 Å². The van der Waals surface area contributed by atoms with E-state index in [0.717, 1.165) is 33.2 Å². The third-order valence-electron chi connectivity index (χ3n) is 16.4. The molecule has 4 N–H and O–H groups in total. The molecule has 0 radical (unpaired) electrons. The fourth-order valence-electron chi connectivity index (χ4n) is 13.0. The van der Waals surface area contributed by atoms with Crippen molar-refractivity contribution in [3.8, 4) is 11.1 Å². The van der Waals surface area contributed by atoms with Gasteiger partial charge in [-0.05, 0) is 204 Å². The molecule has 2 nitrogen and oxygen atoms in total. The Kier molecular flexibility index (Phi) is 11.5. The molecule has 0 unspecified atom stereocenters. The molecule has 0 saturated carbocycles. The molecule has 14 aromatic rings. The van der Waals surface area contributed by atoms with E-state index < -0.39 is 0 Å². The zero-order chi connectivity index (χ0) is 52.4. The first-order valence-electron chi connectivity index (χ1n) is 27.2. The Balaban J connectivity index is 1.27. The summed E-state index contributed by atoms with van der Waals surface area (Å²) in [5.41, 5.74) is 30.2. The average molecular weight is 997 g/mol. The lowest BCUT2D eigenvalue weighted by molar-refractivity contribution is 1.27. The molecule has 14 aromatic carbocycles. The maximum Gasteiger partial charge on any atom is 0.0393 e. The smallest absolute Gasteiger partial charge is 0.0393 e. The predicted molar refractivity (Wildman–Crippen MR) is 337 cm³/mol. The molecule has 0 atom stereocenters. The van der Waals surface area contributed by atoms with Gasteiger partial charge in [0.05, 0.1) is 0 Å². The standard InChI is InChI=1S/C76H56N2/c1-47-21-19-22-48(2)68(47)61-41-42-62-74-64(43-53-31-15-16-32-56(53)72(61)74)76-70(55(40-38-50-25-9-4-10-26-50)45-67(78)52-29-13-6-14-30-52)73-60-36-20-35-59-57-33-17-18-34-58(57)63(71(59)60)46-65(73)69(75(62)76)54(39-37-49-23-7-3-8-24-49)44-66(77)51-27-11-5-12-28-51/h3-36,39-46H,37-38,77-78H2,1-2H3/b54-39+,55-40+,66-44-,67-45-. The highest BCUT2D eigenvalue weighted by molar-refractivity contribution is 6.45.